The number of benzene rings is 1. The molecule has 0 saturated carbocycles. The number of halogens is 1. The van der Waals surface area contributed by atoms with Crippen molar-refractivity contribution >= 4 is 29.5 Å². The zero-order valence-electron chi connectivity index (χ0n) is 11.2. The lowest BCUT2D eigenvalue weighted by Crippen LogP contribution is -2.23. The number of hydrogen-bond acceptors (Lipinski definition) is 5. The standard InChI is InChI=1S/C15H13ClN4O/c16-11-3-1-2-10(8-11)4-5-13-19-12(9-21)14-15(20-13)18-7-6-17-14/h1-3,6-9,12H,4-5H2,(H,18,19,20). The Bertz CT molecular complexity index is 702. The summed E-state index contributed by atoms with van der Waals surface area (Å²) in [5, 5.41) is 3.85. The van der Waals surface area contributed by atoms with Crippen LogP contribution in [0.1, 0.15) is 23.7 Å². The third-order valence-corrected chi connectivity index (χ3v) is 3.47. The Morgan fingerprint density at radius 3 is 2.90 bits per heavy atom. The van der Waals surface area contributed by atoms with Crippen molar-refractivity contribution in [3.63, 3.8) is 0 Å². The maximum absolute atomic E-state index is 11.2. The van der Waals surface area contributed by atoms with E-state index in [0.29, 0.717) is 23.0 Å². The van der Waals surface area contributed by atoms with Gasteiger partial charge in [0.25, 0.3) is 0 Å². The van der Waals surface area contributed by atoms with Gasteiger partial charge in [-0.05, 0) is 24.1 Å². The van der Waals surface area contributed by atoms with E-state index in [2.05, 4.69) is 20.3 Å². The summed E-state index contributed by atoms with van der Waals surface area (Å²) in [5.74, 6) is 1.34. The van der Waals surface area contributed by atoms with Crippen molar-refractivity contribution in [2.45, 2.75) is 18.9 Å². The fourth-order valence-corrected chi connectivity index (χ4v) is 2.45. The van der Waals surface area contributed by atoms with Gasteiger partial charge in [-0.2, -0.15) is 0 Å². The first-order valence-corrected chi connectivity index (χ1v) is 6.98. The second-order valence-corrected chi connectivity index (χ2v) is 5.14. The molecule has 1 aromatic carbocycles. The fraction of sp³-hybridized carbons (Fsp3) is 0.200. The van der Waals surface area contributed by atoms with Gasteiger partial charge >= 0.3 is 0 Å². The number of carbonyl (C=O) groups excluding carboxylic acids is 1. The van der Waals surface area contributed by atoms with Crippen molar-refractivity contribution in [1.82, 2.24) is 9.97 Å². The molecule has 6 heteroatoms. The van der Waals surface area contributed by atoms with E-state index < -0.39 is 6.04 Å². The van der Waals surface area contributed by atoms with Crippen LogP contribution in [0.3, 0.4) is 0 Å². The van der Waals surface area contributed by atoms with Crippen molar-refractivity contribution in [2.75, 3.05) is 5.32 Å². The van der Waals surface area contributed by atoms with Crippen LogP contribution in [0.2, 0.25) is 5.02 Å². The zero-order chi connectivity index (χ0) is 14.7. The van der Waals surface area contributed by atoms with Gasteiger partial charge in [0.1, 0.15) is 11.5 Å². The molecule has 0 fully saturated rings. The third kappa shape index (κ3) is 3.08. The highest BCUT2D eigenvalue weighted by molar-refractivity contribution is 6.30. The maximum Gasteiger partial charge on any atom is 0.155 e. The van der Waals surface area contributed by atoms with Gasteiger partial charge in [-0.1, -0.05) is 23.7 Å². The number of aromatic nitrogens is 2. The van der Waals surface area contributed by atoms with E-state index in [9.17, 15) is 4.79 Å². The van der Waals surface area contributed by atoms with Gasteiger partial charge in [-0.3, -0.25) is 9.98 Å². The Morgan fingerprint density at radius 2 is 2.10 bits per heavy atom. The smallest absolute Gasteiger partial charge is 0.155 e. The van der Waals surface area contributed by atoms with Crippen LogP contribution >= 0.6 is 11.6 Å². The molecule has 1 aliphatic rings. The van der Waals surface area contributed by atoms with Crippen LogP contribution in [-0.2, 0) is 11.2 Å². The van der Waals surface area contributed by atoms with E-state index in [1.807, 2.05) is 24.3 Å². The van der Waals surface area contributed by atoms with Crippen molar-refractivity contribution in [1.29, 1.82) is 0 Å². The molecule has 5 nitrogen and oxygen atoms in total. The molecule has 0 aliphatic carbocycles. The van der Waals surface area contributed by atoms with Crippen LogP contribution in [-0.4, -0.2) is 22.1 Å². The Labute approximate surface area is 127 Å². The first kappa shape index (κ1) is 13.7. The molecular weight excluding hydrogens is 288 g/mol. The predicted octanol–water partition coefficient (Wildman–Crippen LogP) is 2.83. The minimum atomic E-state index is -0.579. The SMILES string of the molecule is O=CC1N=C(CCc2cccc(Cl)c2)Nc2nccnc21. The van der Waals surface area contributed by atoms with Crippen molar-refractivity contribution in [3.05, 3.63) is 52.9 Å². The van der Waals surface area contributed by atoms with E-state index in [4.69, 9.17) is 11.6 Å². The van der Waals surface area contributed by atoms with Gasteiger partial charge in [0, 0.05) is 23.8 Å². The summed E-state index contributed by atoms with van der Waals surface area (Å²) in [6, 6.07) is 7.12. The highest BCUT2D eigenvalue weighted by Gasteiger charge is 2.22. The number of amidine groups is 1. The largest absolute Gasteiger partial charge is 0.327 e. The van der Waals surface area contributed by atoms with Crippen LogP contribution in [0.15, 0.2) is 41.7 Å². The van der Waals surface area contributed by atoms with Crippen molar-refractivity contribution in [2.24, 2.45) is 4.99 Å². The maximum atomic E-state index is 11.2. The number of carbonyl (C=O) groups is 1. The molecule has 2 aromatic rings. The number of anilines is 1. The Balaban J connectivity index is 1.75. The third-order valence-electron chi connectivity index (χ3n) is 3.23. The van der Waals surface area contributed by atoms with E-state index in [0.717, 1.165) is 24.1 Å². The van der Waals surface area contributed by atoms with Crippen molar-refractivity contribution < 1.29 is 4.79 Å². The monoisotopic (exact) mass is 300 g/mol. The molecule has 0 radical (unpaired) electrons. The topological polar surface area (TPSA) is 67.2 Å². The van der Waals surface area contributed by atoms with Gasteiger partial charge < -0.3 is 10.1 Å². The normalized spacial score (nSPS) is 16.6. The molecule has 3 rings (SSSR count). The van der Waals surface area contributed by atoms with Crippen LogP contribution < -0.4 is 5.32 Å². The van der Waals surface area contributed by atoms with Gasteiger partial charge in [-0.25, -0.2) is 4.98 Å². The van der Waals surface area contributed by atoms with Gasteiger partial charge in [0.15, 0.2) is 18.1 Å². The number of fused-ring (bicyclic) bond motifs is 1. The number of aldehydes is 1. The molecule has 0 spiro atoms. The minimum Gasteiger partial charge on any atom is -0.327 e. The second kappa shape index (κ2) is 6.01. The summed E-state index contributed by atoms with van der Waals surface area (Å²) >= 11 is 5.97. The Kier molecular flexibility index (Phi) is 3.92. The molecule has 0 amide bonds. The number of nitrogens with one attached hydrogen (secondary N) is 1. The average Bonchev–Trinajstić information content (AvgIpc) is 2.52. The molecule has 1 unspecified atom stereocenters. The first-order chi connectivity index (χ1) is 10.3. The molecule has 1 aliphatic heterocycles. The van der Waals surface area contributed by atoms with Gasteiger partial charge in [0.2, 0.25) is 0 Å². The molecular formula is C15H13ClN4O. The van der Waals surface area contributed by atoms with Crippen LogP contribution in [0.5, 0.6) is 0 Å². The molecule has 0 saturated heterocycles. The Morgan fingerprint density at radius 1 is 1.24 bits per heavy atom. The molecule has 1 atom stereocenters. The minimum absolute atomic E-state index is 0.569. The summed E-state index contributed by atoms with van der Waals surface area (Å²) in [5.41, 5.74) is 1.69. The summed E-state index contributed by atoms with van der Waals surface area (Å²) < 4.78 is 0. The lowest BCUT2D eigenvalue weighted by atomic mass is 10.1. The second-order valence-electron chi connectivity index (χ2n) is 4.70. The first-order valence-electron chi connectivity index (χ1n) is 6.60. The van der Waals surface area contributed by atoms with E-state index in [-0.39, 0.29) is 0 Å². The molecule has 1 aromatic heterocycles. The lowest BCUT2D eigenvalue weighted by molar-refractivity contribution is -0.109. The number of rotatable bonds is 4. The average molecular weight is 301 g/mol. The van der Waals surface area contributed by atoms with E-state index >= 15 is 0 Å². The van der Waals surface area contributed by atoms with E-state index in [1.165, 1.54) is 0 Å². The van der Waals surface area contributed by atoms with Crippen LogP contribution in [0.25, 0.3) is 0 Å². The van der Waals surface area contributed by atoms with Crippen molar-refractivity contribution in [3.8, 4) is 0 Å². The van der Waals surface area contributed by atoms with Crippen LogP contribution in [0, 0.1) is 0 Å². The highest BCUT2D eigenvalue weighted by Crippen LogP contribution is 2.25. The summed E-state index contributed by atoms with van der Waals surface area (Å²) in [6.07, 6.45) is 5.40. The molecule has 106 valence electrons. The number of aliphatic imine (C=N–C) groups is 1. The molecule has 0 bridgehead atoms. The van der Waals surface area contributed by atoms with Gasteiger partial charge in [-0.15, -0.1) is 0 Å². The predicted molar refractivity (Wildman–Crippen MR) is 81.7 cm³/mol. The number of hydrogen-bond donors (Lipinski definition) is 1. The lowest BCUT2D eigenvalue weighted by Gasteiger charge is -2.20. The molecule has 21 heavy (non-hydrogen) atoms. The fourth-order valence-electron chi connectivity index (χ4n) is 2.24. The summed E-state index contributed by atoms with van der Waals surface area (Å²) in [6.45, 7) is 0. The summed E-state index contributed by atoms with van der Waals surface area (Å²) in [7, 11) is 0. The van der Waals surface area contributed by atoms with E-state index in [1.54, 1.807) is 12.4 Å². The number of aryl methyl sites for hydroxylation is 1. The van der Waals surface area contributed by atoms with Gasteiger partial charge in [0.05, 0.1) is 0 Å². The zero-order valence-corrected chi connectivity index (χ0v) is 11.9. The quantitative estimate of drug-likeness (QED) is 0.882. The van der Waals surface area contributed by atoms with Crippen LogP contribution in [0.4, 0.5) is 5.82 Å². The summed E-state index contributed by atoms with van der Waals surface area (Å²) in [4.78, 5) is 23.9. The highest BCUT2D eigenvalue weighted by atomic mass is 35.5. The Hall–Kier alpha value is -2.27. The molecule has 2 heterocycles. The molecule has 1 N–H and O–H groups in total. The number of nitrogens with zero attached hydrogens (tertiary/aromatic N) is 3.